The number of carbonyl (C=O) groups is 2. The topological polar surface area (TPSA) is 43.4 Å². The van der Waals surface area contributed by atoms with Gasteiger partial charge in [-0.15, -0.1) is 11.6 Å². The summed E-state index contributed by atoms with van der Waals surface area (Å²) in [4.78, 5) is 23.0. The van der Waals surface area contributed by atoms with Crippen molar-refractivity contribution in [1.82, 2.24) is 0 Å². The van der Waals surface area contributed by atoms with Gasteiger partial charge in [-0.05, 0) is 17.2 Å². The van der Waals surface area contributed by atoms with Gasteiger partial charge in [0.25, 0.3) is 0 Å². The molecule has 0 saturated carbocycles. The number of alkyl halides is 2. The monoisotopic (exact) mass is 318 g/mol. The molecule has 3 nitrogen and oxygen atoms in total. The highest BCUT2D eigenvalue weighted by Gasteiger charge is 2.16. The summed E-state index contributed by atoms with van der Waals surface area (Å²) in [6.45, 7) is 0. The van der Waals surface area contributed by atoms with Crippen LogP contribution in [-0.2, 0) is 21.3 Å². The van der Waals surface area contributed by atoms with Gasteiger partial charge in [-0.25, -0.2) is 4.79 Å². The summed E-state index contributed by atoms with van der Waals surface area (Å²) in [5.41, 5.74) is 2.00. The van der Waals surface area contributed by atoms with Crippen LogP contribution in [0.25, 0.3) is 0 Å². The number of benzene rings is 1. The molecule has 0 aliphatic carbocycles. The lowest BCUT2D eigenvalue weighted by Gasteiger charge is -2.11. The molecule has 0 radical (unpaired) electrons. The molecule has 1 rings (SSSR count). The van der Waals surface area contributed by atoms with Crippen LogP contribution in [0.1, 0.15) is 21.5 Å². The number of rotatable bonds is 5. The maximum Gasteiger partial charge on any atom is 0.338 e. The molecule has 0 aromatic heterocycles. The first kappa shape index (κ1) is 14.2. The van der Waals surface area contributed by atoms with Crippen LogP contribution in [0, 0.1) is 0 Å². The molecule has 5 heteroatoms. The van der Waals surface area contributed by atoms with Crippen molar-refractivity contribution in [3.63, 3.8) is 0 Å². The fourth-order valence-electron chi connectivity index (χ4n) is 1.51. The van der Waals surface area contributed by atoms with Gasteiger partial charge in [-0.1, -0.05) is 28.1 Å². The third-order valence-corrected chi connectivity index (χ3v) is 3.25. The van der Waals surface area contributed by atoms with E-state index in [1.54, 1.807) is 12.1 Å². The first-order valence-corrected chi connectivity index (χ1v) is 6.62. The Bertz CT molecular complexity index is 432. The Morgan fingerprint density at radius 3 is 2.65 bits per heavy atom. The second kappa shape index (κ2) is 6.77. The first-order chi connectivity index (χ1) is 8.13. The number of hydrogen-bond donors (Lipinski definition) is 0. The standard InChI is InChI=1S/C12H12BrClO3/c1-17-12(16)10-4-2-3-8(6-13)11(10)5-9(15)7-14/h2-4H,5-7H2,1H3. The van der Waals surface area contributed by atoms with E-state index in [9.17, 15) is 9.59 Å². The van der Waals surface area contributed by atoms with Gasteiger partial charge in [0.15, 0.2) is 5.78 Å². The van der Waals surface area contributed by atoms with E-state index in [-0.39, 0.29) is 18.1 Å². The fraction of sp³-hybridized carbons (Fsp3) is 0.333. The molecule has 92 valence electrons. The maximum atomic E-state index is 11.6. The zero-order valence-corrected chi connectivity index (χ0v) is 11.7. The van der Waals surface area contributed by atoms with Crippen LogP contribution in [0.15, 0.2) is 18.2 Å². The zero-order chi connectivity index (χ0) is 12.8. The molecule has 1 aromatic carbocycles. The molecule has 1 aromatic rings. The van der Waals surface area contributed by atoms with Crippen LogP contribution < -0.4 is 0 Å². The predicted octanol–water partition coefficient (Wildman–Crippen LogP) is 2.72. The highest BCUT2D eigenvalue weighted by atomic mass is 79.9. The van der Waals surface area contributed by atoms with E-state index in [4.69, 9.17) is 16.3 Å². The van der Waals surface area contributed by atoms with Crippen LogP contribution in [0.5, 0.6) is 0 Å². The van der Waals surface area contributed by atoms with Gasteiger partial charge in [-0.2, -0.15) is 0 Å². The van der Waals surface area contributed by atoms with Crippen molar-refractivity contribution >= 4 is 39.3 Å². The zero-order valence-electron chi connectivity index (χ0n) is 9.33. The van der Waals surface area contributed by atoms with Crippen molar-refractivity contribution in [2.45, 2.75) is 11.8 Å². The van der Waals surface area contributed by atoms with Crippen LogP contribution in [0.4, 0.5) is 0 Å². The molecule has 0 saturated heterocycles. The SMILES string of the molecule is COC(=O)c1cccc(CBr)c1CC(=O)CCl. The number of hydrogen-bond acceptors (Lipinski definition) is 3. The minimum Gasteiger partial charge on any atom is -0.465 e. The minimum absolute atomic E-state index is 0.0583. The Kier molecular flexibility index (Phi) is 5.65. The van der Waals surface area contributed by atoms with Crippen LogP contribution >= 0.6 is 27.5 Å². The number of esters is 1. The summed E-state index contributed by atoms with van der Waals surface area (Å²) in [7, 11) is 1.32. The molecular formula is C12H12BrClO3. The Morgan fingerprint density at radius 2 is 2.12 bits per heavy atom. The van der Waals surface area contributed by atoms with Crippen molar-refractivity contribution in [1.29, 1.82) is 0 Å². The van der Waals surface area contributed by atoms with Crippen molar-refractivity contribution in [3.05, 3.63) is 34.9 Å². The molecule has 0 bridgehead atoms. The van der Waals surface area contributed by atoms with Gasteiger partial charge in [0.1, 0.15) is 0 Å². The van der Waals surface area contributed by atoms with Gasteiger partial charge in [0, 0.05) is 11.8 Å². The molecule has 0 fully saturated rings. The van der Waals surface area contributed by atoms with Crippen LogP contribution in [-0.4, -0.2) is 24.7 Å². The summed E-state index contributed by atoms with van der Waals surface area (Å²) in [5.74, 6) is -0.618. The molecular weight excluding hydrogens is 307 g/mol. The number of ketones is 1. The Balaban J connectivity index is 3.20. The normalized spacial score (nSPS) is 10.1. The second-order valence-electron chi connectivity index (χ2n) is 3.42. The van der Waals surface area contributed by atoms with E-state index in [2.05, 4.69) is 15.9 Å². The van der Waals surface area contributed by atoms with Gasteiger partial charge >= 0.3 is 5.97 Å². The van der Waals surface area contributed by atoms with Crippen LogP contribution in [0.3, 0.4) is 0 Å². The highest BCUT2D eigenvalue weighted by molar-refractivity contribution is 9.08. The van der Waals surface area contributed by atoms with Crippen molar-refractivity contribution in [3.8, 4) is 0 Å². The largest absolute Gasteiger partial charge is 0.465 e. The maximum absolute atomic E-state index is 11.6. The number of halogens is 2. The molecule has 0 amide bonds. The van der Waals surface area contributed by atoms with Gasteiger partial charge in [0.05, 0.1) is 18.6 Å². The lowest BCUT2D eigenvalue weighted by Crippen LogP contribution is -2.13. The summed E-state index contributed by atoms with van der Waals surface area (Å²) >= 11 is 8.81. The van der Waals surface area contributed by atoms with Gasteiger partial charge in [0.2, 0.25) is 0 Å². The molecule has 0 unspecified atom stereocenters. The van der Waals surface area contributed by atoms with E-state index >= 15 is 0 Å². The van der Waals surface area contributed by atoms with Gasteiger partial charge < -0.3 is 4.74 Å². The average Bonchev–Trinajstić information content (AvgIpc) is 2.37. The van der Waals surface area contributed by atoms with E-state index in [0.717, 1.165) is 5.56 Å². The van der Waals surface area contributed by atoms with Crippen molar-refractivity contribution in [2.24, 2.45) is 0 Å². The molecule has 0 atom stereocenters. The number of ether oxygens (including phenoxy) is 1. The Labute approximate surface area is 113 Å². The third kappa shape index (κ3) is 3.54. The predicted molar refractivity (Wildman–Crippen MR) is 69.8 cm³/mol. The molecule has 0 spiro atoms. The molecule has 17 heavy (non-hydrogen) atoms. The van der Waals surface area contributed by atoms with Crippen molar-refractivity contribution in [2.75, 3.05) is 13.0 Å². The lowest BCUT2D eigenvalue weighted by atomic mass is 9.97. The summed E-state index contributed by atoms with van der Waals surface area (Å²) in [5, 5.41) is 0.572. The Hall–Kier alpha value is -0.870. The first-order valence-electron chi connectivity index (χ1n) is 4.96. The Morgan fingerprint density at radius 1 is 1.41 bits per heavy atom. The quantitative estimate of drug-likeness (QED) is 0.619. The van der Waals surface area contributed by atoms with Crippen molar-refractivity contribution < 1.29 is 14.3 Å². The highest BCUT2D eigenvalue weighted by Crippen LogP contribution is 2.19. The summed E-state index contributed by atoms with van der Waals surface area (Å²) < 4.78 is 4.69. The number of Topliss-reactive ketones (excluding diaryl/α,β-unsaturated/α-hetero) is 1. The van der Waals surface area contributed by atoms with E-state index in [0.29, 0.717) is 16.5 Å². The minimum atomic E-state index is -0.440. The molecule has 0 aliphatic heterocycles. The number of carbonyl (C=O) groups excluding carboxylic acids is 2. The number of methoxy groups -OCH3 is 1. The third-order valence-electron chi connectivity index (χ3n) is 2.35. The lowest BCUT2D eigenvalue weighted by molar-refractivity contribution is -0.116. The second-order valence-corrected chi connectivity index (χ2v) is 4.25. The van der Waals surface area contributed by atoms with Gasteiger partial charge in [-0.3, -0.25) is 4.79 Å². The molecule has 0 aliphatic rings. The summed E-state index contributed by atoms with van der Waals surface area (Å²) in [6.07, 6.45) is 0.149. The van der Waals surface area contributed by atoms with E-state index in [1.165, 1.54) is 7.11 Å². The molecule has 0 heterocycles. The average molecular weight is 320 g/mol. The summed E-state index contributed by atoms with van der Waals surface area (Å²) in [6, 6.07) is 5.27. The van der Waals surface area contributed by atoms with E-state index < -0.39 is 5.97 Å². The fourth-order valence-corrected chi connectivity index (χ4v) is 2.13. The molecule has 0 N–H and O–H groups in total. The van der Waals surface area contributed by atoms with Crippen LogP contribution in [0.2, 0.25) is 0 Å². The van der Waals surface area contributed by atoms with E-state index in [1.807, 2.05) is 6.07 Å². The smallest absolute Gasteiger partial charge is 0.338 e.